The standard InChI is InChI=1S/C20H16Cl2N2O3/c21-12-8-9-15(22)14(11-12)19(26)24-16-6-2-1-5-13(16)18(25)23-10-4-3-7-17(23)20(24)27/h1-2,5-6,8-9,11,17H,3-4,7,10H2/t17-/m0/s1. The lowest BCUT2D eigenvalue weighted by atomic mass is 10.0. The third kappa shape index (κ3) is 3.01. The van der Waals surface area contributed by atoms with E-state index in [9.17, 15) is 14.4 Å². The molecule has 0 N–H and O–H groups in total. The molecule has 1 atom stereocenters. The lowest BCUT2D eigenvalue weighted by Gasteiger charge is -2.34. The van der Waals surface area contributed by atoms with Crippen LogP contribution in [0.15, 0.2) is 42.5 Å². The van der Waals surface area contributed by atoms with Crippen LogP contribution in [0.4, 0.5) is 5.69 Å². The minimum atomic E-state index is -0.652. The summed E-state index contributed by atoms with van der Waals surface area (Å²) in [5, 5.41) is 0.541. The molecule has 0 aromatic heterocycles. The number of benzene rings is 2. The molecule has 138 valence electrons. The van der Waals surface area contributed by atoms with Crippen molar-refractivity contribution in [3.8, 4) is 0 Å². The molecule has 0 spiro atoms. The predicted octanol–water partition coefficient (Wildman–Crippen LogP) is 4.18. The van der Waals surface area contributed by atoms with Gasteiger partial charge in [0, 0.05) is 11.6 Å². The third-order valence-electron chi connectivity index (χ3n) is 5.01. The first-order valence-electron chi connectivity index (χ1n) is 8.72. The second-order valence-corrected chi connectivity index (χ2v) is 7.47. The number of piperidine rings is 1. The van der Waals surface area contributed by atoms with Crippen LogP contribution in [0.5, 0.6) is 0 Å². The highest BCUT2D eigenvalue weighted by Crippen LogP contribution is 2.34. The zero-order chi connectivity index (χ0) is 19.1. The molecule has 2 aromatic rings. The van der Waals surface area contributed by atoms with Gasteiger partial charge in [0.1, 0.15) is 6.04 Å². The van der Waals surface area contributed by atoms with Gasteiger partial charge in [-0.25, -0.2) is 4.90 Å². The summed E-state index contributed by atoms with van der Waals surface area (Å²) >= 11 is 12.2. The van der Waals surface area contributed by atoms with E-state index in [1.54, 1.807) is 35.2 Å². The van der Waals surface area contributed by atoms with Crippen molar-refractivity contribution in [3.05, 3.63) is 63.6 Å². The van der Waals surface area contributed by atoms with E-state index < -0.39 is 17.9 Å². The highest BCUT2D eigenvalue weighted by atomic mass is 35.5. The van der Waals surface area contributed by atoms with Crippen LogP contribution < -0.4 is 4.90 Å². The van der Waals surface area contributed by atoms with Gasteiger partial charge in [-0.1, -0.05) is 35.3 Å². The zero-order valence-electron chi connectivity index (χ0n) is 14.3. The van der Waals surface area contributed by atoms with E-state index in [0.717, 1.165) is 17.7 Å². The van der Waals surface area contributed by atoms with Gasteiger partial charge < -0.3 is 4.90 Å². The number of rotatable bonds is 1. The largest absolute Gasteiger partial charge is 0.327 e. The maximum atomic E-state index is 13.3. The molecule has 1 fully saturated rings. The van der Waals surface area contributed by atoms with E-state index in [4.69, 9.17) is 23.2 Å². The van der Waals surface area contributed by atoms with Crippen molar-refractivity contribution < 1.29 is 14.4 Å². The van der Waals surface area contributed by atoms with Crippen LogP contribution >= 0.6 is 23.2 Å². The second-order valence-electron chi connectivity index (χ2n) is 6.63. The van der Waals surface area contributed by atoms with E-state index in [1.165, 1.54) is 12.1 Å². The van der Waals surface area contributed by atoms with Gasteiger partial charge in [-0.2, -0.15) is 0 Å². The Bertz CT molecular complexity index is 960. The van der Waals surface area contributed by atoms with Crippen molar-refractivity contribution in [2.75, 3.05) is 11.4 Å². The molecule has 2 heterocycles. The second kappa shape index (κ2) is 6.98. The number of hydrogen-bond acceptors (Lipinski definition) is 3. The number of halogens is 2. The van der Waals surface area contributed by atoms with Crippen LogP contribution in [0.25, 0.3) is 0 Å². The number of imide groups is 1. The lowest BCUT2D eigenvalue weighted by Crippen LogP contribution is -2.52. The number of hydrogen-bond donors (Lipinski definition) is 0. The molecule has 2 aliphatic rings. The van der Waals surface area contributed by atoms with Crippen LogP contribution in [-0.2, 0) is 4.79 Å². The summed E-state index contributed by atoms with van der Waals surface area (Å²) in [7, 11) is 0. The Morgan fingerprint density at radius 2 is 1.81 bits per heavy atom. The van der Waals surface area contributed by atoms with Crippen molar-refractivity contribution in [3.63, 3.8) is 0 Å². The van der Waals surface area contributed by atoms with Gasteiger partial charge in [0.05, 0.1) is 21.8 Å². The number of amides is 3. The summed E-state index contributed by atoms with van der Waals surface area (Å²) in [4.78, 5) is 42.3. The minimum absolute atomic E-state index is 0.129. The number of carbonyl (C=O) groups is 3. The molecule has 5 nitrogen and oxygen atoms in total. The van der Waals surface area contributed by atoms with Crippen molar-refractivity contribution in [1.82, 2.24) is 4.90 Å². The molecule has 1 saturated heterocycles. The molecule has 27 heavy (non-hydrogen) atoms. The molecule has 3 amide bonds. The zero-order valence-corrected chi connectivity index (χ0v) is 15.8. The molecule has 4 rings (SSSR count). The summed E-state index contributed by atoms with van der Waals surface area (Å²) in [6.45, 7) is 0.503. The molecule has 7 heteroatoms. The molecule has 0 bridgehead atoms. The number of fused-ring (bicyclic) bond motifs is 2. The van der Waals surface area contributed by atoms with E-state index >= 15 is 0 Å². The van der Waals surface area contributed by atoms with Crippen LogP contribution in [0.1, 0.15) is 40.0 Å². The quantitative estimate of drug-likeness (QED) is 0.672. The van der Waals surface area contributed by atoms with Gasteiger partial charge >= 0.3 is 0 Å². The first-order valence-corrected chi connectivity index (χ1v) is 9.48. The van der Waals surface area contributed by atoms with Crippen LogP contribution in [0.2, 0.25) is 10.0 Å². The summed E-state index contributed by atoms with van der Waals surface area (Å²) in [6, 6.07) is 10.6. The molecule has 2 aliphatic heterocycles. The fourth-order valence-corrected chi connectivity index (χ4v) is 4.07. The van der Waals surface area contributed by atoms with Gasteiger partial charge in [0.15, 0.2) is 0 Å². The molecular weight excluding hydrogens is 387 g/mol. The normalized spacial score (nSPS) is 19.4. The average molecular weight is 403 g/mol. The smallest absolute Gasteiger partial charge is 0.266 e. The minimum Gasteiger partial charge on any atom is -0.327 e. The molecular formula is C20H16Cl2N2O3. The van der Waals surface area contributed by atoms with Crippen LogP contribution in [0.3, 0.4) is 0 Å². The topological polar surface area (TPSA) is 57.7 Å². The molecule has 0 saturated carbocycles. The average Bonchev–Trinajstić information content (AvgIpc) is 2.78. The Balaban J connectivity index is 1.88. The van der Waals surface area contributed by atoms with Crippen molar-refractivity contribution >= 4 is 46.6 Å². The Kier molecular flexibility index (Phi) is 4.66. The van der Waals surface area contributed by atoms with E-state index in [-0.39, 0.29) is 22.2 Å². The summed E-state index contributed by atoms with van der Waals surface area (Å²) in [5.74, 6) is -1.22. The van der Waals surface area contributed by atoms with Crippen molar-refractivity contribution in [2.24, 2.45) is 0 Å². The highest BCUT2D eigenvalue weighted by molar-refractivity contribution is 6.38. The lowest BCUT2D eigenvalue weighted by molar-refractivity contribution is -0.123. The monoisotopic (exact) mass is 402 g/mol. The van der Waals surface area contributed by atoms with Crippen molar-refractivity contribution in [2.45, 2.75) is 25.3 Å². The summed E-state index contributed by atoms with van der Waals surface area (Å²) < 4.78 is 0. The maximum Gasteiger partial charge on any atom is 0.266 e. The fourth-order valence-electron chi connectivity index (χ4n) is 3.69. The summed E-state index contributed by atoms with van der Waals surface area (Å²) in [5.41, 5.74) is 0.744. The first-order chi connectivity index (χ1) is 13.0. The Labute approximate surface area is 166 Å². The Hall–Kier alpha value is -2.37. The maximum absolute atomic E-state index is 13.3. The van der Waals surface area contributed by atoms with E-state index in [2.05, 4.69) is 0 Å². The first kappa shape index (κ1) is 18.0. The van der Waals surface area contributed by atoms with Crippen molar-refractivity contribution in [1.29, 1.82) is 0 Å². The number of para-hydroxylation sites is 1. The van der Waals surface area contributed by atoms with E-state index in [1.807, 2.05) is 0 Å². The Morgan fingerprint density at radius 1 is 1.04 bits per heavy atom. The number of anilines is 1. The van der Waals surface area contributed by atoms with E-state index in [0.29, 0.717) is 23.6 Å². The SMILES string of the molecule is O=C(c1cc(Cl)ccc1Cl)N1C(=O)[C@@H]2CCCCN2C(=O)c2ccccc21. The van der Waals surface area contributed by atoms with Gasteiger partial charge in [0.25, 0.3) is 17.7 Å². The molecule has 2 aromatic carbocycles. The fraction of sp³-hybridized carbons (Fsp3) is 0.250. The molecule has 0 aliphatic carbocycles. The summed E-state index contributed by atoms with van der Waals surface area (Å²) in [6.07, 6.45) is 2.20. The molecule has 0 unspecified atom stereocenters. The van der Waals surface area contributed by atoms with Gasteiger partial charge in [-0.3, -0.25) is 14.4 Å². The van der Waals surface area contributed by atoms with Gasteiger partial charge in [-0.05, 0) is 49.6 Å². The predicted molar refractivity (Wildman–Crippen MR) is 103 cm³/mol. The van der Waals surface area contributed by atoms with Gasteiger partial charge in [0.2, 0.25) is 0 Å². The third-order valence-corrected chi connectivity index (χ3v) is 5.57. The molecule has 0 radical (unpaired) electrons. The van der Waals surface area contributed by atoms with Crippen LogP contribution in [-0.4, -0.2) is 35.2 Å². The highest BCUT2D eigenvalue weighted by Gasteiger charge is 2.43. The van der Waals surface area contributed by atoms with Gasteiger partial charge in [-0.15, -0.1) is 0 Å². The Morgan fingerprint density at radius 3 is 2.63 bits per heavy atom. The number of nitrogens with zero attached hydrogens (tertiary/aromatic N) is 2. The number of carbonyl (C=O) groups excluding carboxylic acids is 3. The van der Waals surface area contributed by atoms with Crippen LogP contribution in [0, 0.1) is 0 Å².